The fourth-order valence-corrected chi connectivity index (χ4v) is 3.85. The number of rotatable bonds is 4. The van der Waals surface area contributed by atoms with Gasteiger partial charge >= 0.3 is 0 Å². The molecule has 4 rings (SSSR count). The van der Waals surface area contributed by atoms with Gasteiger partial charge in [-0.15, -0.1) is 11.3 Å². The first-order valence-electron chi connectivity index (χ1n) is 8.23. The lowest BCUT2D eigenvalue weighted by atomic mass is 10.1. The van der Waals surface area contributed by atoms with Gasteiger partial charge in [0.25, 0.3) is 5.91 Å². The van der Waals surface area contributed by atoms with Gasteiger partial charge in [-0.05, 0) is 42.1 Å². The predicted molar refractivity (Wildman–Crippen MR) is 109 cm³/mol. The van der Waals surface area contributed by atoms with Gasteiger partial charge in [0, 0.05) is 7.05 Å². The molecule has 0 aliphatic heterocycles. The molecule has 0 atom stereocenters. The number of carbonyl (C=O) groups excluding carboxylic acids is 1. The molecule has 0 spiro atoms. The minimum Gasteiger partial charge on any atom is -0.282 e. The van der Waals surface area contributed by atoms with Crippen LogP contribution in [0.2, 0.25) is 5.02 Å². The maximum absolute atomic E-state index is 12.3. The average Bonchev–Trinajstić information content (AvgIpc) is 3.29. The Morgan fingerprint density at radius 2 is 2.04 bits per heavy atom. The second-order valence-electron chi connectivity index (χ2n) is 6.03. The fraction of sp³-hybridized carbons (Fsp3) is 0.105. The van der Waals surface area contributed by atoms with Crippen LogP contribution in [0.25, 0.3) is 21.6 Å². The molecule has 0 aliphatic carbocycles. The van der Waals surface area contributed by atoms with E-state index in [4.69, 9.17) is 11.6 Å². The number of anilines is 1. The predicted octanol–water partition coefficient (Wildman–Crippen LogP) is 4.42. The fourth-order valence-electron chi connectivity index (χ4n) is 2.91. The molecule has 6 nitrogen and oxygen atoms in total. The van der Waals surface area contributed by atoms with E-state index in [-0.39, 0.29) is 5.91 Å². The molecule has 0 saturated heterocycles. The number of thiophene rings is 1. The number of benzene rings is 1. The Kier molecular flexibility index (Phi) is 4.55. The van der Waals surface area contributed by atoms with Gasteiger partial charge < -0.3 is 0 Å². The first kappa shape index (κ1) is 17.5. The lowest BCUT2D eigenvalue weighted by Gasteiger charge is -2.10. The standard InChI is InChI=1S/C19H16ClN5OS/c1-11-10-15(22-23-19(26)12-6-3-4-7-13(12)20)21-18-16(11)17(24-25(18)2)14-8-5-9-27-14/h3-10H,1-2H3,(H,21,22)(H,23,26). The molecule has 0 unspecified atom stereocenters. The number of amides is 1. The van der Waals surface area contributed by atoms with Crippen molar-refractivity contribution in [3.05, 3.63) is 64.0 Å². The summed E-state index contributed by atoms with van der Waals surface area (Å²) >= 11 is 7.70. The lowest BCUT2D eigenvalue weighted by Crippen LogP contribution is -2.30. The zero-order valence-corrected chi connectivity index (χ0v) is 16.2. The minimum absolute atomic E-state index is 0.329. The van der Waals surface area contributed by atoms with Crippen molar-refractivity contribution in [2.45, 2.75) is 6.92 Å². The van der Waals surface area contributed by atoms with E-state index in [9.17, 15) is 4.79 Å². The summed E-state index contributed by atoms with van der Waals surface area (Å²) in [6.45, 7) is 2.00. The van der Waals surface area contributed by atoms with Crippen molar-refractivity contribution < 1.29 is 4.79 Å². The van der Waals surface area contributed by atoms with Gasteiger partial charge in [0.05, 0.1) is 20.8 Å². The maximum Gasteiger partial charge on any atom is 0.271 e. The van der Waals surface area contributed by atoms with E-state index in [1.807, 2.05) is 37.6 Å². The zero-order valence-electron chi connectivity index (χ0n) is 14.7. The molecule has 1 aromatic carbocycles. The van der Waals surface area contributed by atoms with E-state index >= 15 is 0 Å². The Morgan fingerprint density at radius 3 is 2.78 bits per heavy atom. The number of carbonyl (C=O) groups is 1. The highest BCUT2D eigenvalue weighted by molar-refractivity contribution is 7.13. The summed E-state index contributed by atoms with van der Waals surface area (Å²) in [5.74, 6) is 0.200. The van der Waals surface area contributed by atoms with Crippen LogP contribution < -0.4 is 10.9 Å². The molecular formula is C19H16ClN5OS. The van der Waals surface area contributed by atoms with Crippen LogP contribution in [-0.2, 0) is 7.05 Å². The van der Waals surface area contributed by atoms with Gasteiger partial charge in [-0.2, -0.15) is 5.10 Å². The monoisotopic (exact) mass is 397 g/mol. The number of hydrogen-bond donors (Lipinski definition) is 2. The van der Waals surface area contributed by atoms with Gasteiger partial charge in [0.15, 0.2) is 5.65 Å². The summed E-state index contributed by atoms with van der Waals surface area (Å²) in [5, 5.41) is 8.04. The Hall–Kier alpha value is -2.90. The number of nitrogens with one attached hydrogen (secondary N) is 2. The van der Waals surface area contributed by atoms with Crippen LogP contribution in [0, 0.1) is 6.92 Å². The van der Waals surface area contributed by atoms with Gasteiger partial charge in [-0.25, -0.2) is 9.67 Å². The number of fused-ring (bicyclic) bond motifs is 1. The SMILES string of the molecule is Cc1cc(NNC(=O)c2ccccc2Cl)nc2c1c(-c1cccs1)nn2C. The summed E-state index contributed by atoms with van der Waals surface area (Å²) in [4.78, 5) is 18.0. The van der Waals surface area contributed by atoms with Crippen molar-refractivity contribution in [3.63, 3.8) is 0 Å². The Balaban J connectivity index is 1.63. The third-order valence-corrected chi connectivity index (χ3v) is 5.37. The lowest BCUT2D eigenvalue weighted by molar-refractivity contribution is 0.0962. The van der Waals surface area contributed by atoms with Crippen molar-refractivity contribution in [2.24, 2.45) is 7.05 Å². The molecule has 0 bridgehead atoms. The molecule has 4 aromatic rings. The molecule has 8 heteroatoms. The average molecular weight is 398 g/mol. The van der Waals surface area contributed by atoms with Gasteiger partial charge in [0.2, 0.25) is 0 Å². The van der Waals surface area contributed by atoms with E-state index in [0.29, 0.717) is 16.4 Å². The molecule has 3 heterocycles. The largest absolute Gasteiger partial charge is 0.282 e. The van der Waals surface area contributed by atoms with E-state index in [1.54, 1.807) is 40.3 Å². The number of nitrogens with zero attached hydrogens (tertiary/aromatic N) is 3. The number of aryl methyl sites for hydroxylation is 2. The molecule has 136 valence electrons. The van der Waals surface area contributed by atoms with Crippen molar-refractivity contribution in [3.8, 4) is 10.6 Å². The molecule has 0 fully saturated rings. The number of hydrogen-bond acceptors (Lipinski definition) is 5. The first-order valence-corrected chi connectivity index (χ1v) is 9.49. The normalized spacial score (nSPS) is 10.9. The second kappa shape index (κ2) is 7.02. The van der Waals surface area contributed by atoms with Gasteiger partial charge in [-0.3, -0.25) is 15.6 Å². The van der Waals surface area contributed by atoms with E-state index in [1.165, 1.54) is 0 Å². The van der Waals surface area contributed by atoms with Crippen LogP contribution in [0.5, 0.6) is 0 Å². The molecule has 3 aromatic heterocycles. The Labute approximate surface area is 164 Å². The second-order valence-corrected chi connectivity index (χ2v) is 7.39. The van der Waals surface area contributed by atoms with Crippen LogP contribution in [0.1, 0.15) is 15.9 Å². The molecule has 1 amide bonds. The van der Waals surface area contributed by atoms with Crippen molar-refractivity contribution in [1.29, 1.82) is 0 Å². The maximum atomic E-state index is 12.3. The van der Waals surface area contributed by atoms with Crippen LogP contribution >= 0.6 is 22.9 Å². The van der Waals surface area contributed by atoms with Crippen molar-refractivity contribution in [2.75, 3.05) is 5.43 Å². The smallest absolute Gasteiger partial charge is 0.271 e. The minimum atomic E-state index is -0.329. The van der Waals surface area contributed by atoms with E-state index in [0.717, 1.165) is 27.2 Å². The molecule has 27 heavy (non-hydrogen) atoms. The molecule has 0 aliphatic rings. The van der Waals surface area contributed by atoms with E-state index in [2.05, 4.69) is 20.9 Å². The third-order valence-electron chi connectivity index (χ3n) is 4.17. The Bertz CT molecular complexity index is 1140. The van der Waals surface area contributed by atoms with Crippen LogP contribution in [-0.4, -0.2) is 20.7 Å². The number of hydrazine groups is 1. The quantitative estimate of drug-likeness (QED) is 0.500. The summed E-state index contributed by atoms with van der Waals surface area (Å²) in [7, 11) is 1.86. The number of halogens is 1. The molecule has 0 radical (unpaired) electrons. The summed E-state index contributed by atoms with van der Waals surface area (Å²) in [5.41, 5.74) is 8.58. The highest BCUT2D eigenvalue weighted by Gasteiger charge is 2.16. The summed E-state index contributed by atoms with van der Waals surface area (Å²) < 4.78 is 1.75. The third kappa shape index (κ3) is 3.27. The topological polar surface area (TPSA) is 71.8 Å². The molecule has 2 N–H and O–H groups in total. The van der Waals surface area contributed by atoms with E-state index < -0.39 is 0 Å². The molecular weight excluding hydrogens is 382 g/mol. The van der Waals surface area contributed by atoms with Gasteiger partial charge in [-0.1, -0.05) is 29.8 Å². The Morgan fingerprint density at radius 1 is 1.22 bits per heavy atom. The van der Waals surface area contributed by atoms with Crippen molar-refractivity contribution in [1.82, 2.24) is 20.2 Å². The molecule has 0 saturated carbocycles. The van der Waals surface area contributed by atoms with Crippen molar-refractivity contribution >= 4 is 45.7 Å². The number of aromatic nitrogens is 3. The highest BCUT2D eigenvalue weighted by atomic mass is 35.5. The first-order chi connectivity index (χ1) is 13.0. The van der Waals surface area contributed by atoms with Gasteiger partial charge in [0.1, 0.15) is 11.5 Å². The van der Waals surface area contributed by atoms with Crippen LogP contribution in [0.3, 0.4) is 0 Å². The summed E-state index contributed by atoms with van der Waals surface area (Å²) in [6, 6.07) is 12.8. The van der Waals surface area contributed by atoms with Crippen LogP contribution in [0.15, 0.2) is 47.8 Å². The zero-order chi connectivity index (χ0) is 19.0. The van der Waals surface area contributed by atoms with Crippen LogP contribution in [0.4, 0.5) is 5.82 Å². The number of pyridine rings is 1. The summed E-state index contributed by atoms with van der Waals surface area (Å²) in [6.07, 6.45) is 0. The highest BCUT2D eigenvalue weighted by Crippen LogP contribution is 2.33.